The number of benzene rings is 1. The molecule has 0 spiro atoms. The zero-order valence-corrected chi connectivity index (χ0v) is 13.3. The molecule has 0 bridgehead atoms. The normalized spacial score (nSPS) is 18.6. The fraction of sp³-hybridized carbons (Fsp3) is 0.562. The SMILES string of the molecule is COC1(C(=O)Cc2ccc(F)cc2Br)CCCCCC1. The van der Waals surface area contributed by atoms with Gasteiger partial charge in [0.15, 0.2) is 5.78 Å². The molecule has 1 aromatic rings. The number of hydrogen-bond donors (Lipinski definition) is 0. The van der Waals surface area contributed by atoms with Crippen LogP contribution in [0.2, 0.25) is 0 Å². The molecule has 0 atom stereocenters. The van der Waals surface area contributed by atoms with E-state index in [1.165, 1.54) is 25.0 Å². The lowest BCUT2D eigenvalue weighted by atomic mass is 9.86. The van der Waals surface area contributed by atoms with Crippen LogP contribution in [0.25, 0.3) is 0 Å². The van der Waals surface area contributed by atoms with Gasteiger partial charge >= 0.3 is 0 Å². The maximum atomic E-state index is 13.1. The Morgan fingerprint density at radius 1 is 1.30 bits per heavy atom. The topological polar surface area (TPSA) is 26.3 Å². The fourth-order valence-corrected chi connectivity index (χ4v) is 3.39. The lowest BCUT2D eigenvalue weighted by Gasteiger charge is -2.30. The number of carbonyl (C=O) groups excluding carboxylic acids is 1. The van der Waals surface area contributed by atoms with Crippen molar-refractivity contribution in [2.24, 2.45) is 0 Å². The van der Waals surface area contributed by atoms with E-state index in [1.807, 2.05) is 0 Å². The first-order valence-corrected chi connectivity index (χ1v) is 7.89. The zero-order valence-electron chi connectivity index (χ0n) is 11.8. The molecule has 0 aliphatic heterocycles. The van der Waals surface area contributed by atoms with Gasteiger partial charge in [-0.25, -0.2) is 4.39 Å². The monoisotopic (exact) mass is 342 g/mol. The Balaban J connectivity index is 2.16. The van der Waals surface area contributed by atoms with Crippen molar-refractivity contribution >= 4 is 21.7 Å². The number of ketones is 1. The Hall–Kier alpha value is -0.740. The maximum absolute atomic E-state index is 13.1. The van der Waals surface area contributed by atoms with E-state index < -0.39 is 5.60 Å². The van der Waals surface area contributed by atoms with Crippen LogP contribution in [0.1, 0.15) is 44.1 Å². The molecule has 110 valence electrons. The molecular weight excluding hydrogens is 323 g/mol. The molecule has 2 nitrogen and oxygen atoms in total. The summed E-state index contributed by atoms with van der Waals surface area (Å²) in [7, 11) is 1.63. The summed E-state index contributed by atoms with van der Waals surface area (Å²) < 4.78 is 19.4. The molecule has 1 aliphatic carbocycles. The highest BCUT2D eigenvalue weighted by Gasteiger charge is 2.38. The first-order chi connectivity index (χ1) is 9.57. The number of halogens is 2. The maximum Gasteiger partial charge on any atom is 0.168 e. The molecule has 2 rings (SSSR count). The van der Waals surface area contributed by atoms with E-state index in [2.05, 4.69) is 15.9 Å². The minimum absolute atomic E-state index is 0.106. The molecule has 0 N–H and O–H groups in total. The summed E-state index contributed by atoms with van der Waals surface area (Å²) >= 11 is 3.32. The largest absolute Gasteiger partial charge is 0.370 e. The Morgan fingerprint density at radius 2 is 1.95 bits per heavy atom. The van der Waals surface area contributed by atoms with E-state index in [-0.39, 0.29) is 18.0 Å². The zero-order chi connectivity index (χ0) is 14.6. The quantitative estimate of drug-likeness (QED) is 0.756. The van der Waals surface area contributed by atoms with Gasteiger partial charge in [-0.2, -0.15) is 0 Å². The van der Waals surface area contributed by atoms with Crippen LogP contribution in [0.15, 0.2) is 22.7 Å². The molecular formula is C16H20BrFO2. The summed E-state index contributed by atoms with van der Waals surface area (Å²) in [6, 6.07) is 4.45. The van der Waals surface area contributed by atoms with Gasteiger partial charge in [0, 0.05) is 18.0 Å². The van der Waals surface area contributed by atoms with E-state index in [4.69, 9.17) is 4.74 Å². The van der Waals surface area contributed by atoms with Crippen LogP contribution in [0.3, 0.4) is 0 Å². The van der Waals surface area contributed by atoms with Crippen LogP contribution in [-0.4, -0.2) is 18.5 Å². The fourth-order valence-electron chi connectivity index (χ4n) is 2.90. The van der Waals surface area contributed by atoms with Crippen LogP contribution >= 0.6 is 15.9 Å². The molecule has 0 aromatic heterocycles. The average molecular weight is 343 g/mol. The second-order valence-electron chi connectivity index (χ2n) is 5.45. The van der Waals surface area contributed by atoms with E-state index >= 15 is 0 Å². The van der Waals surface area contributed by atoms with Crippen LogP contribution in [0.4, 0.5) is 4.39 Å². The number of ether oxygens (including phenoxy) is 1. The molecule has 1 fully saturated rings. The molecule has 1 aromatic carbocycles. The third kappa shape index (κ3) is 3.47. The number of carbonyl (C=O) groups is 1. The van der Waals surface area contributed by atoms with Crippen molar-refractivity contribution in [3.05, 3.63) is 34.1 Å². The molecule has 0 unspecified atom stereocenters. The van der Waals surface area contributed by atoms with E-state index in [0.29, 0.717) is 4.47 Å². The third-order valence-corrected chi connectivity index (χ3v) is 4.91. The van der Waals surface area contributed by atoms with Gasteiger partial charge in [0.25, 0.3) is 0 Å². The highest BCUT2D eigenvalue weighted by molar-refractivity contribution is 9.10. The smallest absolute Gasteiger partial charge is 0.168 e. The van der Waals surface area contributed by atoms with Crippen LogP contribution in [0.5, 0.6) is 0 Å². The molecule has 0 saturated heterocycles. The summed E-state index contributed by atoms with van der Waals surface area (Å²) in [5, 5.41) is 0. The minimum atomic E-state index is -0.648. The minimum Gasteiger partial charge on any atom is -0.370 e. The predicted octanol–water partition coefficient (Wildman–Crippen LogP) is 4.44. The van der Waals surface area contributed by atoms with Crippen molar-refractivity contribution in [3.8, 4) is 0 Å². The lowest BCUT2D eigenvalue weighted by molar-refractivity contribution is -0.142. The van der Waals surface area contributed by atoms with Crippen LogP contribution in [0, 0.1) is 5.82 Å². The summed E-state index contributed by atoms with van der Waals surface area (Å²) in [6.07, 6.45) is 6.27. The van der Waals surface area contributed by atoms with Crippen molar-refractivity contribution in [1.29, 1.82) is 0 Å². The van der Waals surface area contributed by atoms with Gasteiger partial charge in [-0.3, -0.25) is 4.79 Å². The first kappa shape index (κ1) is 15.6. The predicted molar refractivity (Wildman–Crippen MR) is 80.3 cm³/mol. The summed E-state index contributed by atoms with van der Waals surface area (Å²) in [6.45, 7) is 0. The molecule has 20 heavy (non-hydrogen) atoms. The van der Waals surface area contributed by atoms with E-state index in [1.54, 1.807) is 13.2 Å². The van der Waals surface area contributed by atoms with Crippen molar-refractivity contribution in [1.82, 2.24) is 0 Å². The van der Waals surface area contributed by atoms with Crippen molar-refractivity contribution in [2.75, 3.05) is 7.11 Å². The Morgan fingerprint density at radius 3 is 2.50 bits per heavy atom. The summed E-state index contributed by atoms with van der Waals surface area (Å²) in [5.74, 6) is -0.196. The molecule has 0 radical (unpaired) electrons. The Labute approximate surface area is 127 Å². The second kappa shape index (κ2) is 6.81. The Bertz CT molecular complexity index is 479. The Kier molecular flexibility index (Phi) is 5.33. The molecule has 0 heterocycles. The van der Waals surface area contributed by atoms with Gasteiger partial charge in [0.2, 0.25) is 0 Å². The van der Waals surface area contributed by atoms with Crippen LogP contribution < -0.4 is 0 Å². The highest BCUT2D eigenvalue weighted by atomic mass is 79.9. The van der Waals surface area contributed by atoms with Gasteiger partial charge in [0.1, 0.15) is 11.4 Å². The number of hydrogen-bond acceptors (Lipinski definition) is 2. The van der Waals surface area contributed by atoms with Gasteiger partial charge in [-0.1, -0.05) is 47.7 Å². The molecule has 4 heteroatoms. The van der Waals surface area contributed by atoms with E-state index in [9.17, 15) is 9.18 Å². The van der Waals surface area contributed by atoms with Crippen LogP contribution in [-0.2, 0) is 16.0 Å². The van der Waals surface area contributed by atoms with Crippen molar-refractivity contribution in [3.63, 3.8) is 0 Å². The number of methoxy groups -OCH3 is 1. The standard InChI is InChI=1S/C16H20BrFO2/c1-20-16(8-4-2-3-5-9-16)15(19)10-12-6-7-13(18)11-14(12)17/h6-7,11H,2-5,8-10H2,1H3. The summed E-state index contributed by atoms with van der Waals surface area (Å²) in [5.41, 5.74) is 0.168. The highest BCUT2D eigenvalue weighted by Crippen LogP contribution is 2.32. The molecule has 0 amide bonds. The molecule has 1 aliphatic rings. The second-order valence-corrected chi connectivity index (χ2v) is 6.30. The number of Topliss-reactive ketones (excluding diaryl/α,β-unsaturated/α-hetero) is 1. The van der Waals surface area contributed by atoms with Gasteiger partial charge in [0.05, 0.1) is 0 Å². The van der Waals surface area contributed by atoms with E-state index in [0.717, 1.165) is 31.2 Å². The van der Waals surface area contributed by atoms with Crippen molar-refractivity contribution < 1.29 is 13.9 Å². The molecule has 1 saturated carbocycles. The third-order valence-electron chi connectivity index (χ3n) is 4.18. The average Bonchev–Trinajstić information content (AvgIpc) is 2.68. The van der Waals surface area contributed by atoms with Crippen molar-refractivity contribution in [2.45, 2.75) is 50.5 Å². The lowest BCUT2D eigenvalue weighted by Crippen LogP contribution is -2.41. The van der Waals surface area contributed by atoms with Gasteiger partial charge in [-0.15, -0.1) is 0 Å². The number of rotatable bonds is 4. The van der Waals surface area contributed by atoms with Gasteiger partial charge < -0.3 is 4.74 Å². The summed E-state index contributed by atoms with van der Waals surface area (Å²) in [4.78, 5) is 12.7. The van der Waals surface area contributed by atoms with Gasteiger partial charge in [-0.05, 0) is 30.5 Å². The first-order valence-electron chi connectivity index (χ1n) is 7.10.